The number of carbonyl (C=O) groups is 1. The number of benzene rings is 2. The Labute approximate surface area is 168 Å². The lowest BCUT2D eigenvalue weighted by molar-refractivity contribution is 0.251. The molecule has 3 rings (SSSR count). The molecule has 1 heterocycles. The van der Waals surface area contributed by atoms with E-state index >= 15 is 0 Å². The lowest BCUT2D eigenvalue weighted by Gasteiger charge is -2.14. The molecule has 0 aliphatic heterocycles. The molecule has 0 radical (unpaired) electrons. The second kappa shape index (κ2) is 9.10. The second-order valence-corrected chi connectivity index (χ2v) is 6.34. The Balaban J connectivity index is 1.61. The molecular formula is C21H20ClN3O3. The van der Waals surface area contributed by atoms with Crippen molar-refractivity contribution in [1.82, 2.24) is 10.3 Å². The van der Waals surface area contributed by atoms with Gasteiger partial charge >= 0.3 is 6.03 Å². The monoisotopic (exact) mass is 397 g/mol. The fourth-order valence-corrected chi connectivity index (χ4v) is 2.90. The van der Waals surface area contributed by atoms with E-state index in [9.17, 15) is 4.79 Å². The number of amides is 2. The number of nitrogens with one attached hydrogen (secondary N) is 2. The molecule has 2 N–H and O–H groups in total. The first-order valence-corrected chi connectivity index (χ1v) is 8.94. The summed E-state index contributed by atoms with van der Waals surface area (Å²) in [6, 6.07) is 14.7. The minimum Gasteiger partial charge on any atom is -0.495 e. The number of nitrogens with zero attached hydrogens (tertiary/aromatic N) is 1. The van der Waals surface area contributed by atoms with Crippen molar-refractivity contribution in [2.24, 2.45) is 0 Å². The van der Waals surface area contributed by atoms with Crippen LogP contribution in [0.1, 0.15) is 5.56 Å². The minimum absolute atomic E-state index is 0.365. The van der Waals surface area contributed by atoms with Crippen LogP contribution in [0.15, 0.2) is 60.9 Å². The van der Waals surface area contributed by atoms with E-state index < -0.39 is 0 Å². The first-order chi connectivity index (χ1) is 13.6. The van der Waals surface area contributed by atoms with Crippen molar-refractivity contribution in [1.29, 1.82) is 0 Å². The van der Waals surface area contributed by atoms with Gasteiger partial charge in [0.2, 0.25) is 0 Å². The number of methoxy groups -OCH3 is 2. The average molecular weight is 398 g/mol. The van der Waals surface area contributed by atoms with E-state index in [0.29, 0.717) is 28.8 Å². The first kappa shape index (κ1) is 19.5. The highest BCUT2D eigenvalue weighted by atomic mass is 35.5. The van der Waals surface area contributed by atoms with E-state index in [1.165, 1.54) is 14.2 Å². The average Bonchev–Trinajstić information content (AvgIpc) is 2.73. The van der Waals surface area contributed by atoms with Crippen LogP contribution in [0.3, 0.4) is 0 Å². The Kier molecular flexibility index (Phi) is 6.34. The van der Waals surface area contributed by atoms with Gasteiger partial charge in [0.05, 0.1) is 24.9 Å². The minimum atomic E-state index is -0.365. The summed E-state index contributed by atoms with van der Waals surface area (Å²) in [5, 5.41) is 5.93. The summed E-state index contributed by atoms with van der Waals surface area (Å²) >= 11 is 6.12. The van der Waals surface area contributed by atoms with E-state index in [0.717, 1.165) is 16.7 Å². The lowest BCUT2D eigenvalue weighted by Crippen LogP contribution is -2.28. The number of hydrogen-bond donors (Lipinski definition) is 2. The molecule has 144 valence electrons. The molecule has 28 heavy (non-hydrogen) atoms. The molecule has 0 fully saturated rings. The molecule has 0 bridgehead atoms. The Bertz CT molecular complexity index is 947. The zero-order valence-corrected chi connectivity index (χ0v) is 16.3. The van der Waals surface area contributed by atoms with E-state index in [1.807, 2.05) is 42.6 Å². The van der Waals surface area contributed by atoms with Gasteiger partial charge in [0.25, 0.3) is 0 Å². The summed E-state index contributed by atoms with van der Waals surface area (Å²) in [4.78, 5) is 16.4. The fourth-order valence-electron chi connectivity index (χ4n) is 2.66. The van der Waals surface area contributed by atoms with Crippen LogP contribution in [0.2, 0.25) is 5.02 Å². The molecule has 7 heteroatoms. The van der Waals surface area contributed by atoms with Crippen LogP contribution in [0, 0.1) is 0 Å². The number of anilines is 1. The van der Waals surface area contributed by atoms with Gasteiger partial charge in [-0.25, -0.2) is 4.79 Å². The molecular weight excluding hydrogens is 378 g/mol. The van der Waals surface area contributed by atoms with Crippen molar-refractivity contribution in [3.8, 4) is 22.6 Å². The number of pyridine rings is 1. The van der Waals surface area contributed by atoms with Gasteiger partial charge in [-0.1, -0.05) is 41.9 Å². The zero-order chi connectivity index (χ0) is 19.9. The van der Waals surface area contributed by atoms with Crippen LogP contribution in [0.25, 0.3) is 11.1 Å². The Morgan fingerprint density at radius 3 is 2.43 bits per heavy atom. The maximum Gasteiger partial charge on any atom is 0.319 e. The molecule has 2 aromatic carbocycles. The van der Waals surface area contributed by atoms with E-state index in [1.54, 1.807) is 18.3 Å². The summed E-state index contributed by atoms with van der Waals surface area (Å²) in [5.41, 5.74) is 3.54. The van der Waals surface area contributed by atoms with Crippen molar-refractivity contribution in [2.75, 3.05) is 19.5 Å². The van der Waals surface area contributed by atoms with Crippen LogP contribution in [-0.2, 0) is 6.54 Å². The predicted octanol–water partition coefficient (Wildman–Crippen LogP) is 4.74. The van der Waals surface area contributed by atoms with Gasteiger partial charge in [0.15, 0.2) is 0 Å². The van der Waals surface area contributed by atoms with Crippen molar-refractivity contribution < 1.29 is 14.3 Å². The molecule has 3 aromatic rings. The van der Waals surface area contributed by atoms with Crippen molar-refractivity contribution in [3.63, 3.8) is 0 Å². The van der Waals surface area contributed by atoms with Crippen molar-refractivity contribution in [2.45, 2.75) is 6.54 Å². The molecule has 0 atom stereocenters. The predicted molar refractivity (Wildman–Crippen MR) is 110 cm³/mol. The van der Waals surface area contributed by atoms with Crippen LogP contribution in [-0.4, -0.2) is 25.2 Å². The summed E-state index contributed by atoms with van der Waals surface area (Å²) in [5.74, 6) is 0.926. The quantitative estimate of drug-likeness (QED) is 0.630. The van der Waals surface area contributed by atoms with E-state index in [-0.39, 0.29) is 6.03 Å². The van der Waals surface area contributed by atoms with Gasteiger partial charge in [-0.2, -0.15) is 0 Å². The summed E-state index contributed by atoms with van der Waals surface area (Å²) < 4.78 is 10.4. The topological polar surface area (TPSA) is 72.5 Å². The van der Waals surface area contributed by atoms with Crippen LogP contribution in [0.4, 0.5) is 10.5 Å². The van der Waals surface area contributed by atoms with Gasteiger partial charge in [0, 0.05) is 25.0 Å². The third kappa shape index (κ3) is 4.72. The van der Waals surface area contributed by atoms with Crippen molar-refractivity contribution >= 4 is 23.3 Å². The van der Waals surface area contributed by atoms with Gasteiger partial charge in [-0.3, -0.25) is 4.98 Å². The van der Waals surface area contributed by atoms with E-state index in [4.69, 9.17) is 21.1 Å². The SMILES string of the molecule is COc1cc(OC)c(NC(=O)NCc2ccc(-c3cccnc3)cc2)cc1Cl. The third-order valence-electron chi connectivity index (χ3n) is 4.12. The van der Waals surface area contributed by atoms with Gasteiger partial charge in [-0.05, 0) is 28.8 Å². The Morgan fingerprint density at radius 2 is 1.79 bits per heavy atom. The molecule has 0 aliphatic carbocycles. The fraction of sp³-hybridized carbons (Fsp3) is 0.143. The largest absolute Gasteiger partial charge is 0.495 e. The maximum absolute atomic E-state index is 12.2. The van der Waals surface area contributed by atoms with Gasteiger partial charge in [-0.15, -0.1) is 0 Å². The first-order valence-electron chi connectivity index (χ1n) is 8.56. The summed E-state index contributed by atoms with van der Waals surface area (Å²) in [6.07, 6.45) is 3.56. The van der Waals surface area contributed by atoms with Gasteiger partial charge in [0.1, 0.15) is 11.5 Å². The molecule has 0 saturated heterocycles. The highest BCUT2D eigenvalue weighted by Crippen LogP contribution is 2.35. The number of halogens is 1. The maximum atomic E-state index is 12.2. The molecule has 2 amide bonds. The number of rotatable bonds is 6. The number of aromatic nitrogens is 1. The third-order valence-corrected chi connectivity index (χ3v) is 4.42. The standard InChI is InChI=1S/C21H20ClN3O3/c1-27-19-11-20(28-2)18(10-17(19)22)25-21(26)24-12-14-5-7-15(8-6-14)16-4-3-9-23-13-16/h3-11,13H,12H2,1-2H3,(H2,24,25,26). The zero-order valence-electron chi connectivity index (χ0n) is 15.5. The molecule has 0 unspecified atom stereocenters. The normalized spacial score (nSPS) is 10.2. The number of ether oxygens (including phenoxy) is 2. The highest BCUT2D eigenvalue weighted by molar-refractivity contribution is 6.32. The molecule has 0 aliphatic rings. The smallest absolute Gasteiger partial charge is 0.319 e. The van der Waals surface area contributed by atoms with Crippen molar-refractivity contribution in [3.05, 3.63) is 71.5 Å². The Morgan fingerprint density at radius 1 is 1.04 bits per heavy atom. The van der Waals surface area contributed by atoms with Crippen LogP contribution in [0.5, 0.6) is 11.5 Å². The summed E-state index contributed by atoms with van der Waals surface area (Å²) in [6.45, 7) is 0.380. The highest BCUT2D eigenvalue weighted by Gasteiger charge is 2.12. The van der Waals surface area contributed by atoms with Crippen LogP contribution >= 0.6 is 11.6 Å². The molecule has 0 spiro atoms. The number of carbonyl (C=O) groups excluding carboxylic acids is 1. The molecule has 1 aromatic heterocycles. The summed E-state index contributed by atoms with van der Waals surface area (Å²) in [7, 11) is 3.02. The Hall–Kier alpha value is -3.25. The molecule has 0 saturated carbocycles. The van der Waals surface area contributed by atoms with E-state index in [2.05, 4.69) is 15.6 Å². The second-order valence-electron chi connectivity index (χ2n) is 5.93. The molecule has 6 nitrogen and oxygen atoms in total. The number of urea groups is 1. The lowest BCUT2D eigenvalue weighted by atomic mass is 10.1. The van der Waals surface area contributed by atoms with Crippen LogP contribution < -0.4 is 20.1 Å². The van der Waals surface area contributed by atoms with Gasteiger partial charge < -0.3 is 20.1 Å². The number of hydrogen-bond acceptors (Lipinski definition) is 4.